The van der Waals surface area contributed by atoms with Crippen molar-refractivity contribution in [1.82, 2.24) is 14.8 Å². The molecule has 0 saturated heterocycles. The zero-order valence-electron chi connectivity index (χ0n) is 7.06. The largest absolute Gasteiger partial charge is 0.478 e. The van der Waals surface area contributed by atoms with E-state index in [2.05, 4.69) is 16.8 Å². The summed E-state index contributed by atoms with van der Waals surface area (Å²) in [6.45, 7) is 3.15. The molecule has 1 rings (SSSR count). The summed E-state index contributed by atoms with van der Waals surface area (Å²) in [6.07, 6.45) is 1.02. The first-order chi connectivity index (χ1) is 6.52. The van der Waals surface area contributed by atoms with Gasteiger partial charge in [-0.05, 0) is 12.2 Å². The van der Waals surface area contributed by atoms with Crippen LogP contribution in [0.4, 0.5) is 0 Å². The maximum Gasteiger partial charge on any atom is 0.332 e. The molecule has 0 bridgehead atoms. The Morgan fingerprint density at radius 3 is 2.93 bits per heavy atom. The van der Waals surface area contributed by atoms with Crippen molar-refractivity contribution < 1.29 is 9.90 Å². The Morgan fingerprint density at radius 1 is 1.79 bits per heavy atom. The average Bonchev–Trinajstić information content (AvgIpc) is 2.11. The number of nitrogens with zero attached hydrogens (tertiary/aromatic N) is 2. The van der Waals surface area contributed by atoms with E-state index in [1.807, 2.05) is 0 Å². The van der Waals surface area contributed by atoms with Crippen LogP contribution in [0, 0.1) is 4.77 Å². The van der Waals surface area contributed by atoms with Gasteiger partial charge in [0.25, 0.3) is 5.56 Å². The highest BCUT2D eigenvalue weighted by molar-refractivity contribution is 7.71. The van der Waals surface area contributed by atoms with Crippen LogP contribution in [0.25, 0.3) is 0 Å². The van der Waals surface area contributed by atoms with Gasteiger partial charge in [-0.25, -0.2) is 4.79 Å². The van der Waals surface area contributed by atoms with Crippen LogP contribution >= 0.6 is 12.2 Å². The van der Waals surface area contributed by atoms with Gasteiger partial charge < -0.3 is 5.11 Å². The van der Waals surface area contributed by atoms with Crippen molar-refractivity contribution in [3.63, 3.8) is 0 Å². The summed E-state index contributed by atoms with van der Waals surface area (Å²) in [5.74, 6) is -1.16. The van der Waals surface area contributed by atoms with Crippen molar-refractivity contribution in [2.45, 2.75) is 6.54 Å². The maximum atomic E-state index is 11.2. The van der Waals surface area contributed by atoms with E-state index in [1.54, 1.807) is 0 Å². The SMILES string of the molecule is C=C(Cn1c(=O)cn[nH]c1=S)C(=O)O. The second kappa shape index (κ2) is 3.97. The number of aromatic amines is 1. The van der Waals surface area contributed by atoms with Gasteiger partial charge in [-0.2, -0.15) is 5.10 Å². The molecule has 0 aliphatic heterocycles. The molecule has 0 fully saturated rings. The molecular weight excluding hydrogens is 206 g/mol. The van der Waals surface area contributed by atoms with Crippen molar-refractivity contribution in [3.05, 3.63) is 33.5 Å². The van der Waals surface area contributed by atoms with Crippen molar-refractivity contribution in [3.8, 4) is 0 Å². The molecule has 1 aromatic heterocycles. The molecule has 2 N–H and O–H groups in total. The number of carboxylic acids is 1. The topological polar surface area (TPSA) is 88.0 Å². The lowest BCUT2D eigenvalue weighted by atomic mass is 10.3. The summed E-state index contributed by atoms with van der Waals surface area (Å²) in [6, 6.07) is 0. The minimum atomic E-state index is -1.16. The number of hydrogen-bond acceptors (Lipinski definition) is 4. The number of nitrogens with one attached hydrogen (secondary N) is 1. The fourth-order valence-corrected chi connectivity index (χ4v) is 0.988. The van der Waals surface area contributed by atoms with Crippen molar-refractivity contribution >= 4 is 18.2 Å². The van der Waals surface area contributed by atoms with E-state index in [4.69, 9.17) is 17.3 Å². The van der Waals surface area contributed by atoms with Crippen LogP contribution in [-0.4, -0.2) is 25.8 Å². The van der Waals surface area contributed by atoms with Gasteiger partial charge in [-0.1, -0.05) is 6.58 Å². The zero-order valence-corrected chi connectivity index (χ0v) is 7.87. The Bertz CT molecular complexity index is 459. The molecule has 0 unspecified atom stereocenters. The number of carboxylic acid groups (broad SMARTS) is 1. The lowest BCUT2D eigenvalue weighted by Gasteiger charge is -2.03. The molecule has 0 aliphatic carbocycles. The third kappa shape index (κ3) is 2.13. The Morgan fingerprint density at radius 2 is 2.43 bits per heavy atom. The van der Waals surface area contributed by atoms with Gasteiger partial charge in [0.15, 0.2) is 4.77 Å². The van der Waals surface area contributed by atoms with Crippen LogP contribution in [0.1, 0.15) is 0 Å². The van der Waals surface area contributed by atoms with Gasteiger partial charge in [0.05, 0.1) is 6.54 Å². The van der Waals surface area contributed by atoms with Gasteiger partial charge in [0.1, 0.15) is 6.20 Å². The summed E-state index contributed by atoms with van der Waals surface area (Å²) < 4.78 is 1.14. The minimum Gasteiger partial charge on any atom is -0.478 e. The number of rotatable bonds is 3. The third-order valence-corrected chi connectivity index (χ3v) is 1.81. The predicted octanol–water partition coefficient (Wildman–Crippen LogP) is -0.0583. The fraction of sp³-hybridized carbons (Fsp3) is 0.143. The summed E-state index contributed by atoms with van der Waals surface area (Å²) in [5, 5.41) is 14.4. The second-order valence-electron chi connectivity index (χ2n) is 2.51. The standard InChI is InChI=1S/C7H7N3O3S/c1-4(6(12)13)3-10-5(11)2-8-9-7(10)14/h2H,1,3H2,(H,9,14)(H,12,13). The van der Waals surface area contributed by atoms with E-state index < -0.39 is 11.5 Å². The van der Waals surface area contributed by atoms with Gasteiger partial charge in [0.2, 0.25) is 0 Å². The van der Waals surface area contributed by atoms with E-state index in [0.717, 1.165) is 10.8 Å². The molecule has 0 aliphatic rings. The monoisotopic (exact) mass is 213 g/mol. The van der Waals surface area contributed by atoms with Crippen molar-refractivity contribution in [2.75, 3.05) is 0 Å². The van der Waals surface area contributed by atoms with E-state index in [9.17, 15) is 9.59 Å². The molecule has 6 nitrogen and oxygen atoms in total. The molecule has 1 heterocycles. The van der Waals surface area contributed by atoms with Crippen molar-refractivity contribution in [1.29, 1.82) is 0 Å². The molecule has 1 aromatic rings. The molecule has 0 saturated carbocycles. The summed E-state index contributed by atoms with van der Waals surface area (Å²) >= 11 is 4.76. The number of aliphatic carboxylic acids is 1. The Kier molecular flexibility index (Phi) is 2.92. The lowest BCUT2D eigenvalue weighted by Crippen LogP contribution is -2.24. The normalized spacial score (nSPS) is 9.71. The highest BCUT2D eigenvalue weighted by atomic mass is 32.1. The summed E-state index contributed by atoms with van der Waals surface area (Å²) in [7, 11) is 0. The fourth-order valence-electron chi connectivity index (χ4n) is 0.781. The van der Waals surface area contributed by atoms with E-state index >= 15 is 0 Å². The highest BCUT2D eigenvalue weighted by Gasteiger charge is 2.06. The number of carbonyl (C=O) groups is 1. The molecule has 14 heavy (non-hydrogen) atoms. The van der Waals surface area contributed by atoms with Crippen LogP contribution < -0.4 is 5.56 Å². The molecule has 74 valence electrons. The Hall–Kier alpha value is -1.76. The quantitative estimate of drug-likeness (QED) is 0.542. The van der Waals surface area contributed by atoms with Crippen LogP contribution in [0.15, 0.2) is 23.1 Å². The summed E-state index contributed by atoms with van der Waals surface area (Å²) in [5.41, 5.74) is -0.575. The van der Waals surface area contributed by atoms with Crippen LogP contribution in [0.5, 0.6) is 0 Å². The smallest absolute Gasteiger partial charge is 0.332 e. The van der Waals surface area contributed by atoms with Crippen LogP contribution in [0.3, 0.4) is 0 Å². The number of hydrogen-bond donors (Lipinski definition) is 2. The zero-order chi connectivity index (χ0) is 10.7. The summed E-state index contributed by atoms with van der Waals surface area (Å²) in [4.78, 5) is 21.6. The van der Waals surface area contributed by atoms with Crippen molar-refractivity contribution in [2.24, 2.45) is 0 Å². The lowest BCUT2D eigenvalue weighted by molar-refractivity contribution is -0.132. The second-order valence-corrected chi connectivity index (χ2v) is 2.89. The first-order valence-electron chi connectivity index (χ1n) is 3.58. The Balaban J connectivity index is 3.10. The maximum absolute atomic E-state index is 11.2. The van der Waals surface area contributed by atoms with E-state index in [-0.39, 0.29) is 16.9 Å². The van der Waals surface area contributed by atoms with Gasteiger partial charge in [-0.3, -0.25) is 14.5 Å². The highest BCUT2D eigenvalue weighted by Crippen LogP contribution is 1.94. The first-order valence-corrected chi connectivity index (χ1v) is 3.99. The predicted molar refractivity (Wildman–Crippen MR) is 50.5 cm³/mol. The molecular formula is C7H7N3O3S. The third-order valence-electron chi connectivity index (χ3n) is 1.50. The molecule has 0 amide bonds. The van der Waals surface area contributed by atoms with E-state index in [1.165, 1.54) is 0 Å². The number of aromatic nitrogens is 3. The van der Waals surface area contributed by atoms with E-state index in [0.29, 0.717) is 0 Å². The minimum absolute atomic E-state index is 0.0694. The molecule has 0 radical (unpaired) electrons. The number of H-pyrrole nitrogens is 1. The molecule has 0 atom stereocenters. The van der Waals surface area contributed by atoms with Gasteiger partial charge in [-0.15, -0.1) is 0 Å². The van der Waals surface area contributed by atoms with Gasteiger partial charge >= 0.3 is 5.97 Å². The molecule has 7 heteroatoms. The van der Waals surface area contributed by atoms with Crippen LogP contribution in [-0.2, 0) is 11.3 Å². The molecule has 0 aromatic carbocycles. The van der Waals surface area contributed by atoms with Crippen LogP contribution in [0.2, 0.25) is 0 Å². The molecule has 0 spiro atoms. The Labute approximate surface area is 83.5 Å². The average molecular weight is 213 g/mol. The first kappa shape index (κ1) is 10.3. The van der Waals surface area contributed by atoms with Gasteiger partial charge in [0, 0.05) is 5.57 Å².